The summed E-state index contributed by atoms with van der Waals surface area (Å²) in [7, 11) is 1.36. The van der Waals surface area contributed by atoms with Crippen molar-refractivity contribution in [3.8, 4) is 0 Å². The summed E-state index contributed by atoms with van der Waals surface area (Å²) < 4.78 is 4.76. The number of anilines is 1. The number of carbonyl (C=O) groups excluding carboxylic acids is 2. The lowest BCUT2D eigenvalue weighted by Gasteiger charge is -2.20. The van der Waals surface area contributed by atoms with Gasteiger partial charge in [-0.25, -0.2) is 4.79 Å². The second-order valence-electron chi connectivity index (χ2n) is 6.67. The summed E-state index contributed by atoms with van der Waals surface area (Å²) in [5.41, 5.74) is 4.20. The number of hydrogen-bond acceptors (Lipinski definition) is 4. The first-order valence-corrected chi connectivity index (χ1v) is 9.16. The zero-order chi connectivity index (χ0) is 19.9. The lowest BCUT2D eigenvalue weighted by Crippen LogP contribution is -2.16. The Balaban J connectivity index is 1.86. The van der Waals surface area contributed by atoms with Crippen LogP contribution in [0.5, 0.6) is 0 Å². The largest absolute Gasteiger partial charge is 0.465 e. The van der Waals surface area contributed by atoms with Crippen molar-refractivity contribution in [1.82, 2.24) is 0 Å². The monoisotopic (exact) mass is 373 g/mol. The van der Waals surface area contributed by atoms with Crippen molar-refractivity contribution in [2.45, 2.75) is 19.4 Å². The molecule has 4 nitrogen and oxygen atoms in total. The minimum Gasteiger partial charge on any atom is -0.465 e. The van der Waals surface area contributed by atoms with E-state index in [0.29, 0.717) is 17.5 Å². The molecule has 0 heterocycles. The third kappa shape index (κ3) is 4.86. The van der Waals surface area contributed by atoms with Gasteiger partial charge in [0.2, 0.25) is 0 Å². The Bertz CT molecular complexity index is 932. The number of benzene rings is 3. The highest BCUT2D eigenvalue weighted by molar-refractivity contribution is 5.96. The molecule has 3 aromatic rings. The highest BCUT2D eigenvalue weighted by atomic mass is 16.5. The zero-order valence-electron chi connectivity index (χ0n) is 16.0. The van der Waals surface area contributed by atoms with Crippen LogP contribution in [0.1, 0.15) is 44.3 Å². The maximum atomic E-state index is 12.8. The van der Waals surface area contributed by atoms with Gasteiger partial charge in [-0.2, -0.15) is 0 Å². The molecule has 0 aliphatic carbocycles. The van der Waals surface area contributed by atoms with Crippen LogP contribution >= 0.6 is 0 Å². The Morgan fingerprint density at radius 1 is 0.857 bits per heavy atom. The molecule has 0 unspecified atom stereocenters. The van der Waals surface area contributed by atoms with Gasteiger partial charge in [-0.05, 0) is 36.8 Å². The normalized spacial score (nSPS) is 11.5. The van der Waals surface area contributed by atoms with Crippen LogP contribution in [0.15, 0.2) is 78.9 Å². The first-order valence-electron chi connectivity index (χ1n) is 9.16. The fourth-order valence-electron chi connectivity index (χ4n) is 3.00. The summed E-state index contributed by atoms with van der Waals surface area (Å²) in [6.45, 7) is 2.03. The summed E-state index contributed by atoms with van der Waals surface area (Å²) >= 11 is 0. The second-order valence-corrected chi connectivity index (χ2v) is 6.67. The van der Waals surface area contributed by atoms with Crippen LogP contribution in [0.2, 0.25) is 0 Å². The van der Waals surface area contributed by atoms with Gasteiger partial charge in [0.25, 0.3) is 0 Å². The molecule has 0 saturated carbocycles. The molecule has 0 aliphatic rings. The van der Waals surface area contributed by atoms with E-state index in [1.165, 1.54) is 12.7 Å². The molecule has 4 heteroatoms. The Kier molecular flexibility index (Phi) is 6.22. The van der Waals surface area contributed by atoms with Gasteiger partial charge in [0.1, 0.15) is 0 Å². The van der Waals surface area contributed by atoms with Crippen LogP contribution < -0.4 is 5.32 Å². The van der Waals surface area contributed by atoms with Gasteiger partial charge >= 0.3 is 5.97 Å². The van der Waals surface area contributed by atoms with Crippen molar-refractivity contribution in [3.05, 3.63) is 101 Å². The molecular formula is C24H23NO3. The van der Waals surface area contributed by atoms with Gasteiger partial charge in [-0.1, -0.05) is 60.2 Å². The minimum absolute atomic E-state index is 0.0576. The Morgan fingerprint density at radius 3 is 2.11 bits per heavy atom. The number of esters is 1. The van der Waals surface area contributed by atoms with Crippen LogP contribution in [0, 0.1) is 6.92 Å². The fourth-order valence-corrected chi connectivity index (χ4v) is 3.00. The molecule has 142 valence electrons. The van der Waals surface area contributed by atoms with Crippen LogP contribution in [0.25, 0.3) is 0 Å². The molecule has 3 rings (SSSR count). The number of hydrogen-bond donors (Lipinski definition) is 1. The average molecular weight is 373 g/mol. The smallest absolute Gasteiger partial charge is 0.337 e. The number of methoxy groups -OCH3 is 1. The van der Waals surface area contributed by atoms with Crippen molar-refractivity contribution < 1.29 is 14.3 Å². The number of aryl methyl sites for hydroxylation is 1. The first-order chi connectivity index (χ1) is 13.6. The number of ketones is 1. The van der Waals surface area contributed by atoms with E-state index in [9.17, 15) is 9.59 Å². The Labute approximate surface area is 165 Å². The van der Waals surface area contributed by atoms with Gasteiger partial charge in [-0.3, -0.25) is 4.79 Å². The van der Waals surface area contributed by atoms with E-state index in [-0.39, 0.29) is 17.8 Å². The van der Waals surface area contributed by atoms with Crippen LogP contribution in [-0.4, -0.2) is 18.9 Å². The molecule has 0 radical (unpaired) electrons. The lowest BCUT2D eigenvalue weighted by molar-refractivity contribution is 0.0600. The van der Waals surface area contributed by atoms with E-state index in [1.807, 2.05) is 73.7 Å². The topological polar surface area (TPSA) is 55.4 Å². The number of nitrogens with one attached hydrogen (secondary N) is 1. The predicted octanol–water partition coefficient (Wildman–Crippen LogP) is 5.21. The lowest BCUT2D eigenvalue weighted by atomic mass is 9.96. The molecule has 3 aromatic carbocycles. The molecule has 0 bridgehead atoms. The van der Waals surface area contributed by atoms with E-state index in [4.69, 9.17) is 4.74 Å². The molecule has 0 amide bonds. The van der Waals surface area contributed by atoms with E-state index in [2.05, 4.69) is 5.32 Å². The fraction of sp³-hybridized carbons (Fsp3) is 0.167. The summed E-state index contributed by atoms with van der Waals surface area (Å²) in [6.07, 6.45) is 0.301. The highest BCUT2D eigenvalue weighted by Crippen LogP contribution is 2.25. The average Bonchev–Trinajstić information content (AvgIpc) is 2.75. The zero-order valence-corrected chi connectivity index (χ0v) is 16.0. The standard InChI is InChI=1S/C24H23NO3/c1-17-8-14-21(15-9-17)25-22(16-23(26)19-6-4-3-5-7-19)18-10-12-20(13-11-18)24(27)28-2/h3-15,22,25H,16H2,1-2H3/t22-/m1/s1. The maximum absolute atomic E-state index is 12.8. The summed E-state index contributed by atoms with van der Waals surface area (Å²) in [4.78, 5) is 24.5. The number of rotatable bonds is 7. The number of Topliss-reactive ketones (excluding diaryl/α,β-unsaturated/α-hetero) is 1. The molecule has 28 heavy (non-hydrogen) atoms. The van der Waals surface area contributed by atoms with Crippen LogP contribution in [0.3, 0.4) is 0 Å². The number of carbonyl (C=O) groups is 2. The summed E-state index contributed by atoms with van der Waals surface area (Å²) in [5, 5.41) is 3.45. The Hall–Kier alpha value is -3.40. The molecule has 0 aromatic heterocycles. The van der Waals surface area contributed by atoms with E-state index >= 15 is 0 Å². The van der Waals surface area contributed by atoms with Gasteiger partial charge in [0.05, 0.1) is 18.7 Å². The second kappa shape index (κ2) is 9.00. The molecular weight excluding hydrogens is 350 g/mol. The van der Waals surface area contributed by atoms with Crippen molar-refractivity contribution in [2.24, 2.45) is 0 Å². The third-order valence-corrected chi connectivity index (χ3v) is 4.61. The summed E-state index contributed by atoms with van der Waals surface area (Å²) in [6, 6.07) is 24.3. The van der Waals surface area contributed by atoms with E-state index in [1.54, 1.807) is 12.1 Å². The molecule has 1 N–H and O–H groups in total. The van der Waals surface area contributed by atoms with Crippen molar-refractivity contribution in [2.75, 3.05) is 12.4 Å². The van der Waals surface area contributed by atoms with E-state index in [0.717, 1.165) is 11.3 Å². The van der Waals surface area contributed by atoms with Gasteiger partial charge in [-0.15, -0.1) is 0 Å². The molecule has 0 saturated heterocycles. The van der Waals surface area contributed by atoms with Gasteiger partial charge < -0.3 is 10.1 Å². The minimum atomic E-state index is -0.380. The van der Waals surface area contributed by atoms with Crippen molar-refractivity contribution in [3.63, 3.8) is 0 Å². The Morgan fingerprint density at radius 2 is 1.50 bits per heavy atom. The maximum Gasteiger partial charge on any atom is 0.337 e. The van der Waals surface area contributed by atoms with Crippen LogP contribution in [0.4, 0.5) is 5.69 Å². The highest BCUT2D eigenvalue weighted by Gasteiger charge is 2.18. The van der Waals surface area contributed by atoms with E-state index < -0.39 is 0 Å². The van der Waals surface area contributed by atoms with Crippen LogP contribution in [-0.2, 0) is 4.74 Å². The number of ether oxygens (including phenoxy) is 1. The first kappa shape index (κ1) is 19.4. The van der Waals surface area contributed by atoms with Crippen molar-refractivity contribution in [1.29, 1.82) is 0 Å². The molecule has 0 aliphatic heterocycles. The molecule has 0 spiro atoms. The van der Waals surface area contributed by atoms with Crippen molar-refractivity contribution >= 4 is 17.4 Å². The van der Waals surface area contributed by atoms with Gasteiger partial charge in [0, 0.05) is 17.7 Å². The quantitative estimate of drug-likeness (QED) is 0.456. The third-order valence-electron chi connectivity index (χ3n) is 4.61. The van der Waals surface area contributed by atoms with Gasteiger partial charge in [0.15, 0.2) is 5.78 Å². The molecule has 1 atom stereocenters. The predicted molar refractivity (Wildman–Crippen MR) is 111 cm³/mol. The molecule has 0 fully saturated rings. The summed E-state index contributed by atoms with van der Waals surface area (Å²) in [5.74, 6) is -0.322. The SMILES string of the molecule is COC(=O)c1ccc([C@@H](CC(=O)c2ccccc2)Nc2ccc(C)cc2)cc1.